The molecule has 38 heteroatoms. The lowest BCUT2D eigenvalue weighted by Gasteiger charge is -2.50. The summed E-state index contributed by atoms with van der Waals surface area (Å²) in [6, 6.07) is -6.82. The molecule has 5 rings (SSSR count). The molecule has 0 spiro atoms. The number of hydrogen-bond donors (Lipinski definition) is 23. The van der Waals surface area contributed by atoms with Crippen molar-refractivity contribution in [2.45, 2.75) is 217 Å². The van der Waals surface area contributed by atoms with Crippen molar-refractivity contribution in [2.24, 2.45) is 0 Å². The Bertz CT molecular complexity index is 2160. The van der Waals surface area contributed by atoms with Crippen LogP contribution < -0.4 is 21.3 Å². The third-order valence-electron chi connectivity index (χ3n) is 14.6. The molecule has 5 saturated heterocycles. The standard InChI is InChI=1S/C47H80N4O34/c1-13(58)48-17(6-52)37(81-45-36(73)41(31(68)22(9-55)78-45)85-47(46(74)75)5-18(62)25(49-14(2)59)40(84-47)28(65)19(63)7-53)29(66)20(64)12-76-42-27(51-16(4)61)33(70)38(23(10-56)79-42)83-44-35(72)34(71)39(24(11-57)80-44)82-43-26(50-15(3)60)32(69)30(67)21(8-54)77-43/h17-45,52-57,62-73H,5-12H2,1-4H3,(H,48,58)(H,49,59)(H,50,60)(H,51,61)(H,74,75)/t17-,18-,19+,20+,21+,22+,23+,24+,25+,26+,27+,28+,29-,30+,31-,32+,33+,34+,35+,36+,37+,38+,39-,40+,41-,42+,43+,44-,45-,47-/m0/s1. The van der Waals surface area contributed by atoms with Crippen LogP contribution in [0.15, 0.2) is 0 Å². The minimum absolute atomic E-state index is 0.741. The van der Waals surface area contributed by atoms with E-state index < -0.39 is 266 Å². The van der Waals surface area contributed by atoms with Crippen molar-refractivity contribution in [3.05, 3.63) is 0 Å². The fourth-order valence-corrected chi connectivity index (χ4v) is 10.3. The summed E-state index contributed by atoms with van der Waals surface area (Å²) < 4.78 is 57.0. The van der Waals surface area contributed by atoms with E-state index in [1.54, 1.807) is 0 Å². The highest BCUT2D eigenvalue weighted by atomic mass is 16.8. The third kappa shape index (κ3) is 16.9. The SMILES string of the molecule is CC(=O)N[C@H]1[C@H](OC[C@@H](O)[C@H](O)[C@H](O[C@@H]2O[C@H](CO)[C@H](O)[C@H](O[C@]3(C(=O)O)C[C@H](O)[C@@H](NC(C)=O)[C@H]([C@H](O)[C@H](O)CO)O3)[C@H]2O)[C@H](CO)NC(C)=O)O[C@H](CO)[C@@H](O[C@@H]2O[C@H](CO)[C@H](O[C@H]3O[C@H](CO)[C@@H](O)[C@H](O)[C@H]3NC(C)=O)[C@H](O)[C@H]2O)[C@@H]1O. The molecule has 5 aliphatic heterocycles. The fraction of sp³-hybridized carbons (Fsp3) is 0.894. The number of aliphatic hydroxyl groups is 18. The topological polar surface area (TPSA) is 610 Å². The Morgan fingerprint density at radius 3 is 1.54 bits per heavy atom. The summed E-state index contributed by atoms with van der Waals surface area (Å²) in [5, 5.41) is 215. The normalized spacial score (nSPS) is 41.0. The van der Waals surface area contributed by atoms with Gasteiger partial charge in [-0.05, 0) is 0 Å². The molecule has 0 radical (unpaired) electrons. The first-order valence-electron chi connectivity index (χ1n) is 26.6. The largest absolute Gasteiger partial charge is 0.477 e. The smallest absolute Gasteiger partial charge is 0.364 e. The van der Waals surface area contributed by atoms with Gasteiger partial charge in [-0.3, -0.25) is 19.2 Å². The van der Waals surface area contributed by atoms with Crippen LogP contribution in [0.2, 0.25) is 0 Å². The Labute approximate surface area is 482 Å². The van der Waals surface area contributed by atoms with E-state index in [9.17, 15) is 121 Å². The van der Waals surface area contributed by atoms with Crippen LogP contribution in [-0.4, -0.2) is 356 Å². The average Bonchev–Trinajstić information content (AvgIpc) is 1.55. The first kappa shape index (κ1) is 72.0. The summed E-state index contributed by atoms with van der Waals surface area (Å²) in [4.78, 5) is 62.0. The molecule has 23 N–H and O–H groups in total. The third-order valence-corrected chi connectivity index (χ3v) is 14.6. The molecule has 85 heavy (non-hydrogen) atoms. The Morgan fingerprint density at radius 1 is 0.529 bits per heavy atom. The summed E-state index contributed by atoms with van der Waals surface area (Å²) >= 11 is 0. The Morgan fingerprint density at radius 2 is 1.02 bits per heavy atom. The van der Waals surface area contributed by atoms with Gasteiger partial charge in [0.1, 0.15) is 134 Å². The lowest BCUT2D eigenvalue weighted by atomic mass is 9.88. The van der Waals surface area contributed by atoms with E-state index in [0.29, 0.717) is 0 Å². The Kier molecular flexibility index (Phi) is 26.8. The maximum absolute atomic E-state index is 13.0. The van der Waals surface area contributed by atoms with Crippen LogP contribution in [0, 0.1) is 0 Å². The number of nitrogens with one attached hydrogen (secondary N) is 4. The number of carbonyl (C=O) groups excluding carboxylic acids is 4. The van der Waals surface area contributed by atoms with Crippen LogP contribution in [0.4, 0.5) is 0 Å². The molecule has 5 fully saturated rings. The Hall–Kier alpha value is -3.77. The van der Waals surface area contributed by atoms with E-state index in [-0.39, 0.29) is 0 Å². The monoisotopic (exact) mass is 1240 g/mol. The lowest BCUT2D eigenvalue weighted by molar-refractivity contribution is -0.376. The van der Waals surface area contributed by atoms with Gasteiger partial charge in [-0.2, -0.15) is 0 Å². The van der Waals surface area contributed by atoms with Crippen LogP contribution in [0.3, 0.4) is 0 Å². The first-order chi connectivity index (χ1) is 39.9. The maximum Gasteiger partial charge on any atom is 0.364 e. The number of aliphatic hydroxyl groups excluding tert-OH is 18. The van der Waals surface area contributed by atoms with Crippen LogP contribution in [-0.2, 0) is 71.3 Å². The molecule has 0 aromatic rings. The number of hydrogen-bond acceptors (Lipinski definition) is 33. The van der Waals surface area contributed by atoms with Gasteiger partial charge in [0.2, 0.25) is 23.6 Å². The number of carbonyl (C=O) groups is 5. The number of amides is 4. The summed E-state index contributed by atoms with van der Waals surface area (Å²) in [5.74, 6) is -8.71. The molecule has 30 atom stereocenters. The molecule has 5 aliphatic rings. The molecule has 38 nitrogen and oxygen atoms in total. The number of aliphatic carboxylic acids is 1. The van der Waals surface area contributed by atoms with Crippen molar-refractivity contribution in [1.29, 1.82) is 0 Å². The van der Waals surface area contributed by atoms with Crippen molar-refractivity contribution >= 4 is 29.6 Å². The molecule has 0 unspecified atom stereocenters. The first-order valence-corrected chi connectivity index (χ1v) is 26.6. The number of rotatable bonds is 27. The minimum atomic E-state index is -3.24. The van der Waals surface area contributed by atoms with Gasteiger partial charge in [0.25, 0.3) is 5.79 Å². The predicted octanol–water partition coefficient (Wildman–Crippen LogP) is -14.7. The Balaban J connectivity index is 1.35. The molecule has 492 valence electrons. The fourth-order valence-electron chi connectivity index (χ4n) is 10.3. The maximum atomic E-state index is 13.0. The highest BCUT2D eigenvalue weighted by molar-refractivity contribution is 5.77. The van der Waals surface area contributed by atoms with Crippen LogP contribution >= 0.6 is 0 Å². The van der Waals surface area contributed by atoms with Crippen LogP contribution in [0.5, 0.6) is 0 Å². The van der Waals surface area contributed by atoms with Gasteiger partial charge in [-0.25, -0.2) is 4.79 Å². The van der Waals surface area contributed by atoms with E-state index in [0.717, 1.165) is 27.7 Å². The van der Waals surface area contributed by atoms with Crippen molar-refractivity contribution in [3.63, 3.8) is 0 Å². The zero-order valence-electron chi connectivity index (χ0n) is 46.0. The molecule has 0 saturated carbocycles. The molecule has 0 aromatic heterocycles. The van der Waals surface area contributed by atoms with E-state index >= 15 is 0 Å². The summed E-state index contributed by atoms with van der Waals surface area (Å²) in [6.45, 7) is -3.60. The summed E-state index contributed by atoms with van der Waals surface area (Å²) in [6.07, 6.45) is -52.2. The minimum Gasteiger partial charge on any atom is -0.477 e. The zero-order chi connectivity index (χ0) is 63.7. The summed E-state index contributed by atoms with van der Waals surface area (Å²) in [5.41, 5.74) is 0. The lowest BCUT2D eigenvalue weighted by Crippen LogP contribution is -2.70. The molecule has 5 heterocycles. The second-order valence-electron chi connectivity index (χ2n) is 20.9. The molecule has 4 amide bonds. The van der Waals surface area contributed by atoms with Crippen LogP contribution in [0.25, 0.3) is 0 Å². The van der Waals surface area contributed by atoms with Gasteiger partial charge in [0.15, 0.2) is 25.2 Å². The van der Waals surface area contributed by atoms with Crippen LogP contribution in [0.1, 0.15) is 34.1 Å². The highest BCUT2D eigenvalue weighted by Gasteiger charge is 2.61. The molecule has 0 bridgehead atoms. The number of carboxylic acid groups (broad SMARTS) is 1. The predicted molar refractivity (Wildman–Crippen MR) is 265 cm³/mol. The van der Waals surface area contributed by atoms with Crippen molar-refractivity contribution in [1.82, 2.24) is 21.3 Å². The van der Waals surface area contributed by atoms with Gasteiger partial charge < -0.3 is 166 Å². The number of ether oxygens (including phenoxy) is 10. The van der Waals surface area contributed by atoms with Gasteiger partial charge in [0, 0.05) is 34.1 Å². The average molecular weight is 1250 g/mol. The second kappa shape index (κ2) is 31.6. The molecule has 0 aromatic carbocycles. The van der Waals surface area contributed by atoms with Gasteiger partial charge in [-0.1, -0.05) is 0 Å². The van der Waals surface area contributed by atoms with Crippen molar-refractivity contribution in [2.75, 3.05) is 46.2 Å². The highest BCUT2D eigenvalue weighted by Crippen LogP contribution is 2.39. The van der Waals surface area contributed by atoms with Crippen molar-refractivity contribution in [3.8, 4) is 0 Å². The number of carboxylic acids is 1. The molecular formula is C47H80N4O34. The van der Waals surface area contributed by atoms with E-state index in [4.69, 9.17) is 47.4 Å². The van der Waals surface area contributed by atoms with Gasteiger partial charge in [0.05, 0.1) is 64.4 Å². The van der Waals surface area contributed by atoms with Crippen molar-refractivity contribution < 1.29 is 168 Å². The van der Waals surface area contributed by atoms with Gasteiger partial charge >= 0.3 is 5.97 Å². The van der Waals surface area contributed by atoms with E-state index in [1.165, 1.54) is 0 Å². The second-order valence-corrected chi connectivity index (χ2v) is 20.9. The summed E-state index contributed by atoms with van der Waals surface area (Å²) in [7, 11) is 0. The van der Waals surface area contributed by atoms with E-state index in [1.807, 2.05) is 0 Å². The molecular weight excluding hydrogens is 1160 g/mol. The zero-order valence-corrected chi connectivity index (χ0v) is 46.0. The van der Waals surface area contributed by atoms with E-state index in [2.05, 4.69) is 21.3 Å². The quantitative estimate of drug-likeness (QED) is 0.0363. The molecule has 0 aliphatic carbocycles. The van der Waals surface area contributed by atoms with Gasteiger partial charge in [-0.15, -0.1) is 0 Å².